The van der Waals surface area contributed by atoms with E-state index in [9.17, 15) is 4.79 Å². The lowest BCUT2D eigenvalue weighted by Crippen LogP contribution is -2.21. The predicted octanol–water partition coefficient (Wildman–Crippen LogP) is 3.98. The third-order valence-corrected chi connectivity index (χ3v) is 5.23. The number of carbonyl (C=O) groups excluding carboxylic acids is 1. The van der Waals surface area contributed by atoms with E-state index >= 15 is 0 Å². The number of rotatable bonds is 3. The molecule has 2 aromatic heterocycles. The molecule has 3 aromatic carbocycles. The van der Waals surface area contributed by atoms with Crippen LogP contribution in [0.1, 0.15) is 10.4 Å². The summed E-state index contributed by atoms with van der Waals surface area (Å²) in [5.74, 6) is -0.513. The second-order valence-electron chi connectivity index (χ2n) is 5.86. The number of fused-ring (bicyclic) bond motifs is 2. The molecule has 0 bridgehead atoms. The highest BCUT2D eigenvalue weighted by Gasteiger charge is 2.19. The van der Waals surface area contributed by atoms with E-state index in [4.69, 9.17) is 4.84 Å². The fraction of sp³-hybridized carbons (Fsp3) is 0. The third kappa shape index (κ3) is 2.74. The van der Waals surface area contributed by atoms with Crippen LogP contribution in [0.4, 0.5) is 0 Å². The van der Waals surface area contributed by atoms with Gasteiger partial charge in [0.05, 0.1) is 15.8 Å². The first-order chi connectivity index (χ1) is 13.3. The van der Waals surface area contributed by atoms with Gasteiger partial charge in [-0.15, -0.1) is 16.4 Å². The minimum absolute atomic E-state index is 0.427. The number of aromatic nitrogens is 4. The summed E-state index contributed by atoms with van der Waals surface area (Å²) in [6.07, 6.45) is 0. The number of carbonyl (C=O) groups is 1. The SMILES string of the molecule is O=C(On1nnc2ccccc21)c1ccccc1-c1nc2ccccc2s1. The molecule has 5 rings (SSSR count). The van der Waals surface area contributed by atoms with E-state index in [1.54, 1.807) is 18.2 Å². The van der Waals surface area contributed by atoms with Gasteiger partial charge in [0, 0.05) is 5.56 Å². The van der Waals surface area contributed by atoms with Crippen LogP contribution < -0.4 is 4.84 Å². The van der Waals surface area contributed by atoms with Gasteiger partial charge >= 0.3 is 5.97 Å². The first kappa shape index (κ1) is 15.7. The Balaban J connectivity index is 1.54. The average molecular weight is 372 g/mol. The first-order valence-corrected chi connectivity index (χ1v) is 9.09. The average Bonchev–Trinajstić information content (AvgIpc) is 3.32. The van der Waals surface area contributed by atoms with Gasteiger partial charge in [0.15, 0.2) is 0 Å². The Labute approximate surface area is 157 Å². The molecular weight excluding hydrogens is 360 g/mol. The van der Waals surface area contributed by atoms with Gasteiger partial charge in [-0.2, -0.15) is 0 Å². The van der Waals surface area contributed by atoms with E-state index in [1.165, 1.54) is 11.3 Å². The standard InChI is InChI=1S/C20H12N4O2S/c25-20(26-24-17-11-5-3-9-15(17)22-23-24)14-8-2-1-7-13(14)19-21-16-10-4-6-12-18(16)27-19/h1-12H. The van der Waals surface area contributed by atoms with Crippen LogP contribution in [0.25, 0.3) is 31.8 Å². The van der Waals surface area contributed by atoms with Crippen molar-refractivity contribution in [1.82, 2.24) is 20.1 Å². The lowest BCUT2D eigenvalue weighted by Gasteiger charge is -2.07. The lowest BCUT2D eigenvalue weighted by atomic mass is 10.1. The molecule has 27 heavy (non-hydrogen) atoms. The van der Waals surface area contributed by atoms with Crippen LogP contribution in [0.5, 0.6) is 0 Å². The smallest absolute Gasteiger partial charge is 0.312 e. The molecule has 0 saturated heterocycles. The number of nitrogens with zero attached hydrogens (tertiary/aromatic N) is 4. The van der Waals surface area contributed by atoms with Crippen LogP contribution in [0.3, 0.4) is 0 Å². The maximum atomic E-state index is 12.8. The first-order valence-electron chi connectivity index (χ1n) is 8.28. The molecule has 5 aromatic rings. The zero-order valence-corrected chi connectivity index (χ0v) is 14.8. The van der Waals surface area contributed by atoms with E-state index < -0.39 is 5.97 Å². The van der Waals surface area contributed by atoms with Gasteiger partial charge in [0.2, 0.25) is 0 Å². The van der Waals surface area contributed by atoms with E-state index in [2.05, 4.69) is 15.3 Å². The maximum absolute atomic E-state index is 12.8. The number of benzene rings is 3. The summed E-state index contributed by atoms with van der Waals surface area (Å²) in [6.45, 7) is 0. The summed E-state index contributed by atoms with van der Waals surface area (Å²) in [5, 5.41) is 8.68. The molecule has 6 nitrogen and oxygen atoms in total. The zero-order valence-electron chi connectivity index (χ0n) is 13.9. The molecular formula is C20H12N4O2S. The zero-order chi connectivity index (χ0) is 18.2. The fourth-order valence-corrected chi connectivity index (χ4v) is 3.88. The number of hydrogen-bond acceptors (Lipinski definition) is 6. The molecule has 130 valence electrons. The van der Waals surface area contributed by atoms with Gasteiger partial charge in [0.25, 0.3) is 0 Å². The van der Waals surface area contributed by atoms with E-state index in [0.717, 1.165) is 25.6 Å². The highest BCUT2D eigenvalue weighted by Crippen LogP contribution is 2.32. The van der Waals surface area contributed by atoms with Crippen LogP contribution in [0.15, 0.2) is 72.8 Å². The molecule has 0 atom stereocenters. The second-order valence-corrected chi connectivity index (χ2v) is 6.89. The van der Waals surface area contributed by atoms with Crippen molar-refractivity contribution in [2.45, 2.75) is 0 Å². The minimum Gasteiger partial charge on any atom is -0.312 e. The Kier molecular flexibility index (Phi) is 3.65. The number of hydrogen-bond donors (Lipinski definition) is 0. The summed E-state index contributed by atoms with van der Waals surface area (Å²) in [6, 6.07) is 22.5. The van der Waals surface area contributed by atoms with Crippen molar-refractivity contribution >= 4 is 38.6 Å². The quantitative estimate of drug-likeness (QED) is 0.448. The Hall–Kier alpha value is -3.58. The summed E-state index contributed by atoms with van der Waals surface area (Å²) >= 11 is 1.54. The van der Waals surface area contributed by atoms with Gasteiger partial charge in [-0.1, -0.05) is 47.3 Å². The molecule has 0 aliphatic heterocycles. The summed E-state index contributed by atoms with van der Waals surface area (Å²) in [5.41, 5.74) is 3.35. The van der Waals surface area contributed by atoms with Crippen molar-refractivity contribution in [1.29, 1.82) is 0 Å². The van der Waals surface area contributed by atoms with Gasteiger partial charge in [0.1, 0.15) is 16.0 Å². The highest BCUT2D eigenvalue weighted by atomic mass is 32.1. The molecule has 0 fully saturated rings. The summed E-state index contributed by atoms with van der Waals surface area (Å²) in [7, 11) is 0. The van der Waals surface area contributed by atoms with Crippen molar-refractivity contribution in [3.8, 4) is 10.6 Å². The van der Waals surface area contributed by atoms with Gasteiger partial charge < -0.3 is 4.84 Å². The van der Waals surface area contributed by atoms with Crippen LogP contribution in [-0.4, -0.2) is 26.1 Å². The minimum atomic E-state index is -0.513. The summed E-state index contributed by atoms with van der Waals surface area (Å²) < 4.78 is 1.07. The molecule has 7 heteroatoms. The molecule has 0 unspecified atom stereocenters. The van der Waals surface area contributed by atoms with Crippen molar-refractivity contribution in [2.24, 2.45) is 0 Å². The molecule has 0 radical (unpaired) electrons. The van der Waals surface area contributed by atoms with Crippen LogP contribution in [0, 0.1) is 0 Å². The van der Waals surface area contributed by atoms with Crippen molar-refractivity contribution in [2.75, 3.05) is 0 Å². The number of thiazole rings is 1. The Morgan fingerprint density at radius 2 is 1.63 bits per heavy atom. The van der Waals surface area contributed by atoms with E-state index in [1.807, 2.05) is 54.6 Å². The Bertz CT molecular complexity index is 1260. The van der Waals surface area contributed by atoms with E-state index in [-0.39, 0.29) is 0 Å². The van der Waals surface area contributed by atoms with Crippen LogP contribution >= 0.6 is 11.3 Å². The Morgan fingerprint density at radius 1 is 0.889 bits per heavy atom. The maximum Gasteiger partial charge on any atom is 0.366 e. The molecule has 0 N–H and O–H groups in total. The highest BCUT2D eigenvalue weighted by molar-refractivity contribution is 7.21. The van der Waals surface area contributed by atoms with Crippen LogP contribution in [0.2, 0.25) is 0 Å². The lowest BCUT2D eigenvalue weighted by molar-refractivity contribution is 0.0409. The largest absolute Gasteiger partial charge is 0.366 e. The van der Waals surface area contributed by atoms with Crippen LogP contribution in [-0.2, 0) is 0 Å². The molecule has 2 heterocycles. The molecule has 0 aliphatic carbocycles. The monoisotopic (exact) mass is 372 g/mol. The third-order valence-electron chi connectivity index (χ3n) is 4.16. The van der Waals surface area contributed by atoms with Crippen molar-refractivity contribution < 1.29 is 9.63 Å². The number of para-hydroxylation sites is 2. The molecule has 0 spiro atoms. The second kappa shape index (κ2) is 6.30. The Morgan fingerprint density at radius 3 is 2.52 bits per heavy atom. The normalized spacial score (nSPS) is 11.1. The topological polar surface area (TPSA) is 69.9 Å². The van der Waals surface area contributed by atoms with Gasteiger partial charge in [-0.25, -0.2) is 9.78 Å². The van der Waals surface area contributed by atoms with Crippen molar-refractivity contribution in [3.05, 3.63) is 78.4 Å². The molecule has 0 saturated carbocycles. The van der Waals surface area contributed by atoms with Gasteiger partial charge in [-0.3, -0.25) is 0 Å². The van der Waals surface area contributed by atoms with E-state index in [0.29, 0.717) is 16.6 Å². The van der Waals surface area contributed by atoms with Crippen molar-refractivity contribution in [3.63, 3.8) is 0 Å². The van der Waals surface area contributed by atoms with Gasteiger partial charge in [-0.05, 0) is 35.5 Å². The summed E-state index contributed by atoms with van der Waals surface area (Å²) in [4.78, 5) is 24.1. The molecule has 0 amide bonds. The molecule has 0 aliphatic rings. The fourth-order valence-electron chi connectivity index (χ4n) is 2.88. The predicted molar refractivity (Wildman–Crippen MR) is 103 cm³/mol.